The van der Waals surface area contributed by atoms with Gasteiger partial charge in [-0.2, -0.15) is 0 Å². The number of halogens is 1. The number of hydrogen-bond acceptors (Lipinski definition) is 3. The van der Waals surface area contributed by atoms with Crippen LogP contribution in [0.1, 0.15) is 38.5 Å². The van der Waals surface area contributed by atoms with E-state index in [1.807, 2.05) is 24.3 Å². The van der Waals surface area contributed by atoms with Crippen molar-refractivity contribution >= 4 is 21.8 Å². The summed E-state index contributed by atoms with van der Waals surface area (Å²) in [5.41, 5.74) is 0.0853. The average molecular weight is 383 g/mol. The molecule has 1 aliphatic carbocycles. The van der Waals surface area contributed by atoms with E-state index in [-0.39, 0.29) is 18.1 Å². The van der Waals surface area contributed by atoms with Gasteiger partial charge in [-0.05, 0) is 45.1 Å². The van der Waals surface area contributed by atoms with Crippen LogP contribution in [0.15, 0.2) is 28.7 Å². The Kier molecular flexibility index (Phi) is 6.90. The highest BCUT2D eigenvalue weighted by Gasteiger charge is 2.33. The van der Waals surface area contributed by atoms with E-state index >= 15 is 0 Å². The van der Waals surface area contributed by atoms with Gasteiger partial charge in [0.25, 0.3) is 5.91 Å². The van der Waals surface area contributed by atoms with E-state index in [0.717, 1.165) is 17.3 Å². The molecule has 1 saturated carbocycles. The lowest BCUT2D eigenvalue weighted by atomic mass is 9.88. The van der Waals surface area contributed by atoms with E-state index in [0.29, 0.717) is 12.3 Å². The average Bonchev–Trinajstić information content (AvgIpc) is 2.77. The van der Waals surface area contributed by atoms with Gasteiger partial charge in [-0.25, -0.2) is 0 Å². The molecular formula is C18H27BrN2O2. The molecule has 23 heavy (non-hydrogen) atoms. The summed E-state index contributed by atoms with van der Waals surface area (Å²) < 4.78 is 6.50. The van der Waals surface area contributed by atoms with Crippen molar-refractivity contribution in [1.29, 1.82) is 0 Å². The summed E-state index contributed by atoms with van der Waals surface area (Å²) in [4.78, 5) is 14.4. The lowest BCUT2D eigenvalue weighted by Gasteiger charge is -2.39. The van der Waals surface area contributed by atoms with Gasteiger partial charge >= 0.3 is 0 Å². The summed E-state index contributed by atoms with van der Waals surface area (Å²) in [5.74, 6) is 0.641. The third-order valence-corrected chi connectivity index (χ3v) is 5.26. The van der Waals surface area contributed by atoms with Crippen LogP contribution in [0, 0.1) is 0 Å². The van der Waals surface area contributed by atoms with Crippen LogP contribution >= 0.6 is 15.9 Å². The lowest BCUT2D eigenvalue weighted by Crippen LogP contribution is -2.53. The Morgan fingerprint density at radius 3 is 2.57 bits per heavy atom. The number of likely N-dealkylation sites (N-methyl/N-ethyl adjacent to an activating group) is 1. The quantitative estimate of drug-likeness (QED) is 0.764. The number of amides is 1. The molecule has 0 aliphatic heterocycles. The first-order valence-corrected chi connectivity index (χ1v) is 9.14. The zero-order valence-corrected chi connectivity index (χ0v) is 15.7. The Hall–Kier alpha value is -1.07. The first kappa shape index (κ1) is 18.3. The van der Waals surface area contributed by atoms with Gasteiger partial charge in [-0.1, -0.05) is 47.7 Å². The number of carbonyl (C=O) groups is 1. The molecule has 1 fully saturated rings. The summed E-state index contributed by atoms with van der Waals surface area (Å²) in [6.45, 7) is 0.751. The Morgan fingerprint density at radius 1 is 1.26 bits per heavy atom. The van der Waals surface area contributed by atoms with Gasteiger partial charge < -0.3 is 15.0 Å². The van der Waals surface area contributed by atoms with Crippen LogP contribution < -0.4 is 10.1 Å². The fourth-order valence-corrected chi connectivity index (χ4v) is 3.57. The van der Waals surface area contributed by atoms with Gasteiger partial charge in [0, 0.05) is 16.6 Å². The molecule has 1 aliphatic rings. The molecule has 1 aromatic carbocycles. The first-order chi connectivity index (χ1) is 11.0. The minimum atomic E-state index is -0.0598. The topological polar surface area (TPSA) is 41.6 Å². The van der Waals surface area contributed by atoms with E-state index < -0.39 is 0 Å². The van der Waals surface area contributed by atoms with E-state index in [9.17, 15) is 4.79 Å². The van der Waals surface area contributed by atoms with E-state index in [2.05, 4.69) is 40.2 Å². The minimum absolute atomic E-state index is 0.0555. The van der Waals surface area contributed by atoms with E-state index in [4.69, 9.17) is 4.74 Å². The number of benzene rings is 1. The van der Waals surface area contributed by atoms with Gasteiger partial charge in [-0.15, -0.1) is 0 Å². The van der Waals surface area contributed by atoms with Crippen LogP contribution in [0.25, 0.3) is 0 Å². The Balaban J connectivity index is 1.84. The fourth-order valence-electron chi connectivity index (χ4n) is 3.19. The summed E-state index contributed by atoms with van der Waals surface area (Å²) in [6, 6.07) is 7.54. The van der Waals surface area contributed by atoms with Crippen molar-refractivity contribution in [2.24, 2.45) is 0 Å². The highest BCUT2D eigenvalue weighted by atomic mass is 79.9. The number of nitrogens with zero attached hydrogens (tertiary/aromatic N) is 1. The number of ether oxygens (including phenoxy) is 1. The maximum Gasteiger partial charge on any atom is 0.258 e. The van der Waals surface area contributed by atoms with Gasteiger partial charge in [0.05, 0.1) is 0 Å². The number of rotatable bonds is 6. The molecule has 1 aromatic rings. The van der Waals surface area contributed by atoms with Crippen molar-refractivity contribution in [2.45, 2.75) is 44.1 Å². The Labute approximate surface area is 147 Å². The Morgan fingerprint density at radius 2 is 1.96 bits per heavy atom. The van der Waals surface area contributed by atoms with Crippen LogP contribution in [0.4, 0.5) is 0 Å². The summed E-state index contributed by atoms with van der Waals surface area (Å²) in [7, 11) is 4.24. The SMILES string of the molecule is CN(C)C1(CNC(=O)COc2cccc(Br)c2)CCCCCC1. The highest BCUT2D eigenvalue weighted by molar-refractivity contribution is 9.10. The normalized spacial score (nSPS) is 17.6. The molecular weight excluding hydrogens is 356 g/mol. The molecule has 0 saturated heterocycles. The molecule has 2 rings (SSSR count). The highest BCUT2D eigenvalue weighted by Crippen LogP contribution is 2.30. The van der Waals surface area contributed by atoms with Gasteiger partial charge in [0.1, 0.15) is 5.75 Å². The second kappa shape index (κ2) is 8.69. The molecule has 0 heterocycles. The molecule has 4 nitrogen and oxygen atoms in total. The molecule has 0 bridgehead atoms. The lowest BCUT2D eigenvalue weighted by molar-refractivity contribution is -0.123. The molecule has 0 unspecified atom stereocenters. The predicted octanol–water partition coefficient (Wildman–Crippen LogP) is 3.60. The number of carbonyl (C=O) groups excluding carboxylic acids is 1. The van der Waals surface area contributed by atoms with Crippen LogP contribution in [0.3, 0.4) is 0 Å². The second-order valence-electron chi connectivity index (χ2n) is 6.56. The zero-order valence-electron chi connectivity index (χ0n) is 14.1. The molecule has 1 N–H and O–H groups in total. The molecule has 128 valence electrons. The molecule has 0 radical (unpaired) electrons. The largest absolute Gasteiger partial charge is 0.484 e. The van der Waals surface area contributed by atoms with Crippen molar-refractivity contribution < 1.29 is 9.53 Å². The summed E-state index contributed by atoms with van der Waals surface area (Å²) in [5, 5.41) is 3.07. The van der Waals surface area contributed by atoms with Crippen LogP contribution in [-0.4, -0.2) is 43.6 Å². The van der Waals surface area contributed by atoms with E-state index in [1.54, 1.807) is 0 Å². The Bertz CT molecular complexity index is 511. The molecule has 0 aromatic heterocycles. The fraction of sp³-hybridized carbons (Fsp3) is 0.611. The van der Waals surface area contributed by atoms with Crippen molar-refractivity contribution in [1.82, 2.24) is 10.2 Å². The standard InChI is InChI=1S/C18H27BrN2O2/c1-21(2)18(10-5-3-4-6-11-18)14-20-17(22)13-23-16-9-7-8-15(19)12-16/h7-9,12H,3-6,10-11,13-14H2,1-2H3,(H,20,22). The smallest absolute Gasteiger partial charge is 0.258 e. The summed E-state index contributed by atoms with van der Waals surface area (Å²) in [6.07, 6.45) is 7.37. The first-order valence-electron chi connectivity index (χ1n) is 8.34. The van der Waals surface area contributed by atoms with Gasteiger partial charge in [0.15, 0.2) is 6.61 Å². The zero-order chi connectivity index (χ0) is 16.7. The van der Waals surface area contributed by atoms with Crippen molar-refractivity contribution in [2.75, 3.05) is 27.2 Å². The van der Waals surface area contributed by atoms with Crippen LogP contribution in [0.5, 0.6) is 5.75 Å². The summed E-state index contributed by atoms with van der Waals surface area (Å²) >= 11 is 3.40. The van der Waals surface area contributed by atoms with Crippen molar-refractivity contribution in [3.8, 4) is 5.75 Å². The maximum atomic E-state index is 12.1. The van der Waals surface area contributed by atoms with Crippen LogP contribution in [-0.2, 0) is 4.79 Å². The molecule has 0 atom stereocenters. The minimum Gasteiger partial charge on any atom is -0.484 e. The number of hydrogen-bond donors (Lipinski definition) is 1. The maximum absolute atomic E-state index is 12.1. The molecule has 5 heteroatoms. The van der Waals surface area contributed by atoms with Gasteiger partial charge in [0.2, 0.25) is 0 Å². The van der Waals surface area contributed by atoms with Crippen molar-refractivity contribution in [3.63, 3.8) is 0 Å². The monoisotopic (exact) mass is 382 g/mol. The third kappa shape index (κ3) is 5.50. The van der Waals surface area contributed by atoms with Crippen LogP contribution in [0.2, 0.25) is 0 Å². The molecule has 0 spiro atoms. The molecule has 1 amide bonds. The second-order valence-corrected chi connectivity index (χ2v) is 7.47. The predicted molar refractivity (Wildman–Crippen MR) is 96.8 cm³/mol. The number of nitrogens with one attached hydrogen (secondary N) is 1. The van der Waals surface area contributed by atoms with Crippen molar-refractivity contribution in [3.05, 3.63) is 28.7 Å². The third-order valence-electron chi connectivity index (χ3n) is 4.76. The van der Waals surface area contributed by atoms with E-state index in [1.165, 1.54) is 25.7 Å². The van der Waals surface area contributed by atoms with Gasteiger partial charge in [-0.3, -0.25) is 4.79 Å².